The van der Waals surface area contributed by atoms with E-state index in [2.05, 4.69) is 10.1 Å². The van der Waals surface area contributed by atoms with E-state index in [0.717, 1.165) is 25.4 Å². The van der Waals surface area contributed by atoms with E-state index in [-0.39, 0.29) is 0 Å². The Balaban J connectivity index is 2.40. The SMILES string of the molecule is CSc1nc2sc3cc(Cl)ccc3n2n1. The highest BCUT2D eigenvalue weighted by atomic mass is 35.5. The Hall–Kier alpha value is -0.780. The minimum absolute atomic E-state index is 0.747. The molecule has 3 aromatic rings. The van der Waals surface area contributed by atoms with Gasteiger partial charge in [-0.2, -0.15) is 4.98 Å². The van der Waals surface area contributed by atoms with Gasteiger partial charge >= 0.3 is 0 Å². The molecule has 0 unspecified atom stereocenters. The number of hydrogen-bond acceptors (Lipinski definition) is 4. The Morgan fingerprint density at radius 3 is 3.13 bits per heavy atom. The summed E-state index contributed by atoms with van der Waals surface area (Å²) >= 11 is 9.08. The van der Waals surface area contributed by atoms with Crippen molar-refractivity contribution in [1.82, 2.24) is 14.6 Å². The van der Waals surface area contributed by atoms with Crippen molar-refractivity contribution in [3.8, 4) is 0 Å². The highest BCUT2D eigenvalue weighted by molar-refractivity contribution is 7.98. The lowest BCUT2D eigenvalue weighted by Gasteiger charge is -1.90. The molecule has 2 aromatic heterocycles. The smallest absolute Gasteiger partial charge is 0.202 e. The van der Waals surface area contributed by atoms with E-state index >= 15 is 0 Å². The number of thiazole rings is 1. The molecule has 0 aliphatic rings. The van der Waals surface area contributed by atoms with E-state index in [0.29, 0.717) is 0 Å². The highest BCUT2D eigenvalue weighted by Gasteiger charge is 2.09. The monoisotopic (exact) mass is 255 g/mol. The number of halogens is 1. The van der Waals surface area contributed by atoms with Gasteiger partial charge in [-0.05, 0) is 24.5 Å². The summed E-state index contributed by atoms with van der Waals surface area (Å²) in [6, 6.07) is 5.78. The lowest BCUT2D eigenvalue weighted by molar-refractivity contribution is 0.919. The minimum atomic E-state index is 0.747. The molecular formula is C9H6ClN3S2. The lowest BCUT2D eigenvalue weighted by atomic mass is 10.3. The molecule has 0 N–H and O–H groups in total. The Labute approximate surface area is 99.1 Å². The maximum absolute atomic E-state index is 5.92. The number of aromatic nitrogens is 3. The first kappa shape index (κ1) is 9.45. The normalized spacial score (nSPS) is 11.6. The zero-order valence-corrected chi connectivity index (χ0v) is 10.2. The summed E-state index contributed by atoms with van der Waals surface area (Å²) in [5.41, 5.74) is 1.06. The van der Waals surface area contributed by atoms with Crippen molar-refractivity contribution in [3.63, 3.8) is 0 Å². The zero-order chi connectivity index (χ0) is 10.4. The van der Waals surface area contributed by atoms with E-state index in [4.69, 9.17) is 11.6 Å². The summed E-state index contributed by atoms with van der Waals surface area (Å²) in [6.45, 7) is 0. The molecule has 0 spiro atoms. The topological polar surface area (TPSA) is 30.2 Å². The van der Waals surface area contributed by atoms with Crippen LogP contribution in [0.25, 0.3) is 15.2 Å². The van der Waals surface area contributed by atoms with Gasteiger partial charge in [0.1, 0.15) is 0 Å². The van der Waals surface area contributed by atoms with Gasteiger partial charge in [-0.15, -0.1) is 5.10 Å². The predicted octanol–water partition coefficient (Wildman–Crippen LogP) is 3.32. The Morgan fingerprint density at radius 1 is 1.47 bits per heavy atom. The molecule has 0 bridgehead atoms. The Kier molecular flexibility index (Phi) is 2.12. The fourth-order valence-electron chi connectivity index (χ4n) is 1.43. The summed E-state index contributed by atoms with van der Waals surface area (Å²) in [6.07, 6.45) is 1.97. The van der Waals surface area contributed by atoms with Crippen molar-refractivity contribution in [2.45, 2.75) is 5.16 Å². The molecule has 6 heteroatoms. The average Bonchev–Trinajstić information content (AvgIpc) is 2.73. The van der Waals surface area contributed by atoms with Crippen LogP contribution >= 0.6 is 34.7 Å². The zero-order valence-electron chi connectivity index (χ0n) is 7.77. The molecule has 0 saturated carbocycles. The van der Waals surface area contributed by atoms with Crippen molar-refractivity contribution >= 4 is 49.9 Å². The van der Waals surface area contributed by atoms with Crippen LogP contribution in [-0.4, -0.2) is 20.9 Å². The maximum Gasteiger partial charge on any atom is 0.214 e. The van der Waals surface area contributed by atoms with Crippen LogP contribution in [0.2, 0.25) is 5.02 Å². The third-order valence-corrected chi connectivity index (χ3v) is 3.86. The predicted molar refractivity (Wildman–Crippen MR) is 65.2 cm³/mol. The largest absolute Gasteiger partial charge is 0.214 e. The average molecular weight is 256 g/mol. The van der Waals surface area contributed by atoms with Crippen molar-refractivity contribution in [3.05, 3.63) is 23.2 Å². The maximum atomic E-state index is 5.92. The van der Waals surface area contributed by atoms with Crippen LogP contribution < -0.4 is 0 Å². The summed E-state index contributed by atoms with van der Waals surface area (Å²) in [5.74, 6) is 0. The van der Waals surface area contributed by atoms with Gasteiger partial charge < -0.3 is 0 Å². The Morgan fingerprint density at radius 2 is 2.33 bits per heavy atom. The van der Waals surface area contributed by atoms with Crippen molar-refractivity contribution in [2.75, 3.05) is 6.26 Å². The molecule has 0 atom stereocenters. The highest BCUT2D eigenvalue weighted by Crippen LogP contribution is 2.28. The number of rotatable bonds is 1. The minimum Gasteiger partial charge on any atom is -0.202 e. The third-order valence-electron chi connectivity index (χ3n) is 2.09. The van der Waals surface area contributed by atoms with Crippen molar-refractivity contribution in [2.24, 2.45) is 0 Å². The van der Waals surface area contributed by atoms with E-state index < -0.39 is 0 Å². The van der Waals surface area contributed by atoms with Gasteiger partial charge in [0.25, 0.3) is 0 Å². The molecule has 0 fully saturated rings. The molecule has 0 radical (unpaired) electrons. The fourth-order valence-corrected chi connectivity index (χ4v) is 3.07. The fraction of sp³-hybridized carbons (Fsp3) is 0.111. The second-order valence-electron chi connectivity index (χ2n) is 3.01. The van der Waals surface area contributed by atoms with Gasteiger partial charge in [-0.3, -0.25) is 0 Å². The van der Waals surface area contributed by atoms with Crippen LogP contribution in [0.1, 0.15) is 0 Å². The van der Waals surface area contributed by atoms with Crippen LogP contribution in [0.5, 0.6) is 0 Å². The number of nitrogens with zero attached hydrogens (tertiary/aromatic N) is 3. The summed E-state index contributed by atoms with van der Waals surface area (Å²) in [4.78, 5) is 5.30. The van der Waals surface area contributed by atoms with Crippen LogP contribution in [0.3, 0.4) is 0 Å². The third kappa shape index (κ3) is 1.42. The van der Waals surface area contributed by atoms with Gasteiger partial charge in [-0.25, -0.2) is 4.52 Å². The Bertz CT molecular complexity index is 643. The summed E-state index contributed by atoms with van der Waals surface area (Å²) < 4.78 is 2.98. The molecule has 0 saturated heterocycles. The van der Waals surface area contributed by atoms with Gasteiger partial charge in [-0.1, -0.05) is 34.7 Å². The van der Waals surface area contributed by atoms with E-state index in [1.54, 1.807) is 23.1 Å². The lowest BCUT2D eigenvalue weighted by Crippen LogP contribution is -1.82. The van der Waals surface area contributed by atoms with Crippen LogP contribution in [-0.2, 0) is 0 Å². The molecule has 3 nitrogen and oxygen atoms in total. The summed E-state index contributed by atoms with van der Waals surface area (Å²) in [5, 5.41) is 5.94. The molecule has 0 aliphatic heterocycles. The first-order valence-corrected chi connectivity index (χ1v) is 6.68. The first-order valence-electron chi connectivity index (χ1n) is 4.27. The summed E-state index contributed by atoms with van der Waals surface area (Å²) in [7, 11) is 0. The number of thioether (sulfide) groups is 1. The van der Waals surface area contributed by atoms with Crippen molar-refractivity contribution < 1.29 is 0 Å². The molecule has 2 heterocycles. The van der Waals surface area contributed by atoms with Gasteiger partial charge in [0.05, 0.1) is 10.2 Å². The molecule has 0 aliphatic carbocycles. The molecule has 1 aromatic carbocycles. The number of hydrogen-bond donors (Lipinski definition) is 0. The van der Waals surface area contributed by atoms with Gasteiger partial charge in [0, 0.05) is 5.02 Å². The standard InChI is InChI=1S/C9H6ClN3S2/c1-14-8-11-9-13(12-8)6-3-2-5(10)4-7(6)15-9/h2-4H,1H3. The first-order chi connectivity index (χ1) is 7.28. The number of benzene rings is 1. The van der Waals surface area contributed by atoms with E-state index in [1.807, 2.05) is 29.0 Å². The van der Waals surface area contributed by atoms with Crippen LogP contribution in [0.4, 0.5) is 0 Å². The molecule has 76 valence electrons. The molecule has 3 rings (SSSR count). The number of fused-ring (bicyclic) bond motifs is 3. The molecular weight excluding hydrogens is 250 g/mol. The second-order valence-corrected chi connectivity index (χ2v) is 5.23. The quantitative estimate of drug-likeness (QED) is 0.625. The van der Waals surface area contributed by atoms with Crippen LogP contribution in [0, 0.1) is 0 Å². The molecule has 15 heavy (non-hydrogen) atoms. The van der Waals surface area contributed by atoms with Crippen LogP contribution in [0.15, 0.2) is 23.4 Å². The van der Waals surface area contributed by atoms with E-state index in [9.17, 15) is 0 Å². The molecule has 0 amide bonds. The van der Waals surface area contributed by atoms with Crippen molar-refractivity contribution in [1.29, 1.82) is 0 Å². The second kappa shape index (κ2) is 3.37. The van der Waals surface area contributed by atoms with Gasteiger partial charge in [0.2, 0.25) is 10.1 Å². The van der Waals surface area contributed by atoms with E-state index in [1.165, 1.54) is 0 Å². The van der Waals surface area contributed by atoms with Gasteiger partial charge in [0.15, 0.2) is 0 Å².